The monoisotopic (exact) mass is 335 g/mol. The van der Waals surface area contributed by atoms with Gasteiger partial charge < -0.3 is 14.7 Å². The zero-order chi connectivity index (χ0) is 17.2. The highest BCUT2D eigenvalue weighted by Gasteiger charge is 2.22. The number of carbonyl (C=O) groups excluding carboxylic acids is 1. The minimum atomic E-state index is -0.101. The number of amides is 1. The van der Waals surface area contributed by atoms with E-state index in [1.54, 1.807) is 25.3 Å². The van der Waals surface area contributed by atoms with E-state index >= 15 is 0 Å². The Morgan fingerprint density at radius 1 is 1.24 bits per heavy atom. The predicted octanol–water partition coefficient (Wildman–Crippen LogP) is 2.72. The molecule has 3 heterocycles. The lowest BCUT2D eigenvalue weighted by Crippen LogP contribution is -2.36. The maximum atomic E-state index is 12.8. The zero-order valence-electron chi connectivity index (χ0n) is 13.8. The topological polar surface area (TPSA) is 84.2 Å². The molecule has 0 atom stereocenters. The van der Waals surface area contributed by atoms with Gasteiger partial charge in [0.15, 0.2) is 5.82 Å². The number of fused-ring (bicyclic) bond motifs is 1. The van der Waals surface area contributed by atoms with Gasteiger partial charge in [-0.15, -0.1) is 0 Å². The van der Waals surface area contributed by atoms with E-state index in [-0.39, 0.29) is 5.91 Å². The first-order valence-electron chi connectivity index (χ1n) is 8.08. The van der Waals surface area contributed by atoms with Gasteiger partial charge in [-0.05, 0) is 30.5 Å². The summed E-state index contributed by atoms with van der Waals surface area (Å²) in [6, 6.07) is 11.6. The Morgan fingerprint density at radius 2 is 2.08 bits per heavy atom. The minimum absolute atomic E-state index is 0.101. The molecule has 0 saturated carbocycles. The first kappa shape index (κ1) is 15.3. The van der Waals surface area contributed by atoms with Crippen molar-refractivity contribution in [3.05, 3.63) is 65.2 Å². The molecule has 1 amide bonds. The second-order valence-corrected chi connectivity index (χ2v) is 5.96. The fourth-order valence-electron chi connectivity index (χ4n) is 2.91. The second-order valence-electron chi connectivity index (χ2n) is 5.96. The molecule has 126 valence electrons. The van der Waals surface area contributed by atoms with Crippen LogP contribution in [0, 0.1) is 6.92 Å². The molecule has 1 N–H and O–H groups in total. The number of anilines is 2. The van der Waals surface area contributed by atoms with E-state index < -0.39 is 0 Å². The predicted molar refractivity (Wildman–Crippen MR) is 91.4 cm³/mol. The molecule has 1 aliphatic heterocycles. The van der Waals surface area contributed by atoms with Gasteiger partial charge in [0.1, 0.15) is 11.5 Å². The third-order valence-corrected chi connectivity index (χ3v) is 4.16. The highest BCUT2D eigenvalue weighted by Crippen LogP contribution is 2.20. The van der Waals surface area contributed by atoms with Gasteiger partial charge in [0.05, 0.1) is 0 Å². The smallest absolute Gasteiger partial charge is 0.272 e. The summed E-state index contributed by atoms with van der Waals surface area (Å²) in [5.74, 6) is 1.41. The van der Waals surface area contributed by atoms with Crippen molar-refractivity contribution < 1.29 is 9.32 Å². The normalized spacial score (nSPS) is 13.4. The Bertz CT molecular complexity index is 921. The summed E-state index contributed by atoms with van der Waals surface area (Å²) in [5, 5.41) is 6.78. The molecule has 0 fully saturated rings. The van der Waals surface area contributed by atoms with E-state index in [1.807, 2.05) is 17.0 Å². The number of nitrogens with zero attached hydrogens (tertiary/aromatic N) is 4. The van der Waals surface area contributed by atoms with Crippen molar-refractivity contribution in [2.75, 3.05) is 11.9 Å². The van der Waals surface area contributed by atoms with Crippen molar-refractivity contribution in [3.8, 4) is 0 Å². The molecular formula is C18H17N5O2. The lowest BCUT2D eigenvalue weighted by atomic mass is 10.00. The molecule has 0 unspecified atom stereocenters. The van der Waals surface area contributed by atoms with Crippen LogP contribution in [0.2, 0.25) is 0 Å². The molecular weight excluding hydrogens is 318 g/mol. The molecule has 7 heteroatoms. The maximum absolute atomic E-state index is 12.8. The molecule has 0 bridgehead atoms. The lowest BCUT2D eigenvalue weighted by molar-refractivity contribution is 0.0728. The number of benzene rings is 1. The first-order chi connectivity index (χ1) is 12.2. The van der Waals surface area contributed by atoms with Crippen LogP contribution < -0.4 is 5.32 Å². The Labute approximate surface area is 144 Å². The Balaban J connectivity index is 1.52. The summed E-state index contributed by atoms with van der Waals surface area (Å²) in [4.78, 5) is 23.1. The van der Waals surface area contributed by atoms with Crippen molar-refractivity contribution >= 4 is 17.7 Å². The van der Waals surface area contributed by atoms with Crippen LogP contribution in [0.5, 0.6) is 0 Å². The molecule has 4 rings (SSSR count). The molecule has 0 radical (unpaired) electrons. The van der Waals surface area contributed by atoms with Gasteiger partial charge in [0, 0.05) is 25.4 Å². The van der Waals surface area contributed by atoms with Gasteiger partial charge in [-0.3, -0.25) is 4.79 Å². The van der Waals surface area contributed by atoms with Crippen molar-refractivity contribution in [3.63, 3.8) is 0 Å². The van der Waals surface area contributed by atoms with Crippen LogP contribution in [0.3, 0.4) is 0 Å². The standard InChI is InChI=1S/C18H17N5O2/c1-12-10-16(22-25-12)21-18-19-8-6-15(20-18)17(24)23-9-7-13-4-2-3-5-14(13)11-23/h2-6,8,10H,7,9,11H2,1H3,(H,19,20,21,22). The third-order valence-electron chi connectivity index (χ3n) is 4.16. The van der Waals surface area contributed by atoms with E-state index in [0.29, 0.717) is 36.3 Å². The van der Waals surface area contributed by atoms with Gasteiger partial charge in [0.25, 0.3) is 5.91 Å². The molecule has 0 spiro atoms. The fraction of sp³-hybridized carbons (Fsp3) is 0.222. The molecule has 7 nitrogen and oxygen atoms in total. The summed E-state index contributed by atoms with van der Waals surface area (Å²) in [7, 11) is 0. The van der Waals surface area contributed by atoms with Crippen LogP contribution in [0.15, 0.2) is 47.1 Å². The molecule has 1 aliphatic rings. The molecule has 2 aromatic heterocycles. The van der Waals surface area contributed by atoms with Crippen molar-refractivity contribution in [2.45, 2.75) is 19.9 Å². The summed E-state index contributed by atoms with van der Waals surface area (Å²) in [6.45, 7) is 3.09. The van der Waals surface area contributed by atoms with Gasteiger partial charge in [-0.2, -0.15) is 0 Å². The van der Waals surface area contributed by atoms with Crippen LogP contribution in [0.25, 0.3) is 0 Å². The average molecular weight is 335 g/mol. The van der Waals surface area contributed by atoms with Crippen LogP contribution in [0.4, 0.5) is 11.8 Å². The van der Waals surface area contributed by atoms with Crippen LogP contribution in [-0.4, -0.2) is 32.5 Å². The van der Waals surface area contributed by atoms with E-state index in [1.165, 1.54) is 11.1 Å². The van der Waals surface area contributed by atoms with E-state index in [4.69, 9.17) is 4.52 Å². The number of aryl methyl sites for hydroxylation is 1. The zero-order valence-corrected chi connectivity index (χ0v) is 13.8. The van der Waals surface area contributed by atoms with Gasteiger partial charge in [-0.25, -0.2) is 9.97 Å². The third kappa shape index (κ3) is 3.21. The highest BCUT2D eigenvalue weighted by molar-refractivity contribution is 5.92. The number of rotatable bonds is 3. The maximum Gasteiger partial charge on any atom is 0.272 e. The summed E-state index contributed by atoms with van der Waals surface area (Å²) in [5.41, 5.74) is 2.85. The number of hydrogen-bond acceptors (Lipinski definition) is 6. The minimum Gasteiger partial charge on any atom is -0.360 e. The van der Waals surface area contributed by atoms with E-state index in [0.717, 1.165) is 6.42 Å². The Kier molecular flexibility index (Phi) is 3.89. The number of hydrogen-bond donors (Lipinski definition) is 1. The summed E-state index contributed by atoms with van der Waals surface area (Å²) < 4.78 is 5.00. The lowest BCUT2D eigenvalue weighted by Gasteiger charge is -2.28. The second kappa shape index (κ2) is 6.35. The van der Waals surface area contributed by atoms with Crippen LogP contribution in [0.1, 0.15) is 27.4 Å². The quantitative estimate of drug-likeness (QED) is 0.792. The Morgan fingerprint density at radius 3 is 2.88 bits per heavy atom. The van der Waals surface area contributed by atoms with Crippen LogP contribution >= 0.6 is 0 Å². The summed E-state index contributed by atoms with van der Waals surface area (Å²) in [6.07, 6.45) is 2.42. The van der Waals surface area contributed by atoms with Crippen molar-refractivity contribution in [1.82, 2.24) is 20.0 Å². The molecule has 25 heavy (non-hydrogen) atoms. The highest BCUT2D eigenvalue weighted by atomic mass is 16.5. The first-order valence-corrected chi connectivity index (χ1v) is 8.08. The van der Waals surface area contributed by atoms with Gasteiger partial charge in [-0.1, -0.05) is 29.4 Å². The van der Waals surface area contributed by atoms with Crippen LogP contribution in [-0.2, 0) is 13.0 Å². The molecule has 0 aliphatic carbocycles. The van der Waals surface area contributed by atoms with E-state index in [2.05, 4.69) is 32.6 Å². The fourth-order valence-corrected chi connectivity index (χ4v) is 2.91. The van der Waals surface area contributed by atoms with Crippen molar-refractivity contribution in [2.24, 2.45) is 0 Å². The number of aromatic nitrogens is 3. The summed E-state index contributed by atoms with van der Waals surface area (Å²) >= 11 is 0. The van der Waals surface area contributed by atoms with E-state index in [9.17, 15) is 4.79 Å². The molecule has 3 aromatic rings. The number of nitrogens with one attached hydrogen (secondary N) is 1. The van der Waals surface area contributed by atoms with Gasteiger partial charge in [0.2, 0.25) is 5.95 Å². The van der Waals surface area contributed by atoms with Gasteiger partial charge >= 0.3 is 0 Å². The molecule has 1 aromatic carbocycles. The largest absolute Gasteiger partial charge is 0.360 e. The number of carbonyl (C=O) groups is 1. The SMILES string of the molecule is Cc1cc(Nc2nccc(C(=O)N3CCc4ccccc4C3)n2)no1. The van der Waals surface area contributed by atoms with Crippen molar-refractivity contribution in [1.29, 1.82) is 0 Å². The average Bonchev–Trinajstić information content (AvgIpc) is 3.05. The Hall–Kier alpha value is -3.22. The molecule has 0 saturated heterocycles.